The molecule has 96 valence electrons. The Balaban J connectivity index is 2.03. The lowest BCUT2D eigenvalue weighted by Gasteiger charge is -2.08. The fourth-order valence-corrected chi connectivity index (χ4v) is 1.80. The van der Waals surface area contributed by atoms with Crippen LogP contribution in [0.1, 0.15) is 35.8 Å². The molecule has 4 nitrogen and oxygen atoms in total. The molecule has 0 aliphatic carbocycles. The zero-order valence-corrected chi connectivity index (χ0v) is 11.0. The van der Waals surface area contributed by atoms with Crippen LogP contribution in [0.2, 0.25) is 0 Å². The molecular formula is C14H19N3O. The van der Waals surface area contributed by atoms with Crippen molar-refractivity contribution in [3.63, 3.8) is 0 Å². The molecule has 1 aromatic heterocycles. The van der Waals surface area contributed by atoms with Crippen molar-refractivity contribution in [2.24, 2.45) is 0 Å². The van der Waals surface area contributed by atoms with Gasteiger partial charge in [0.1, 0.15) is 5.82 Å². The van der Waals surface area contributed by atoms with Crippen LogP contribution in [0.5, 0.6) is 0 Å². The van der Waals surface area contributed by atoms with E-state index in [-0.39, 0.29) is 0 Å². The number of anilines is 1. The molecule has 1 atom stereocenters. The smallest absolute Gasteiger partial charge is 0.125 e. The minimum Gasteiger partial charge on any atom is -0.389 e. The first-order valence-electron chi connectivity index (χ1n) is 6.10. The summed E-state index contributed by atoms with van der Waals surface area (Å²) in [6.45, 7) is 6.42. The lowest BCUT2D eigenvalue weighted by molar-refractivity contribution is 0.199. The molecule has 0 spiro atoms. The van der Waals surface area contributed by atoms with Crippen LogP contribution in [0.25, 0.3) is 0 Å². The number of aliphatic hydroxyl groups is 1. The molecule has 1 heterocycles. The molecule has 3 N–H and O–H groups in total. The summed E-state index contributed by atoms with van der Waals surface area (Å²) in [6, 6.07) is 7.78. The maximum absolute atomic E-state index is 9.53. The molecule has 1 aromatic carbocycles. The van der Waals surface area contributed by atoms with Crippen molar-refractivity contribution in [3.8, 4) is 0 Å². The first kappa shape index (κ1) is 12.6. The molecule has 2 rings (SSSR count). The molecular weight excluding hydrogens is 226 g/mol. The second-order valence-corrected chi connectivity index (χ2v) is 4.55. The zero-order valence-electron chi connectivity index (χ0n) is 11.0. The summed E-state index contributed by atoms with van der Waals surface area (Å²) < 4.78 is 0. The number of nitrogens with one attached hydrogen (secondary N) is 2. The molecule has 0 unspecified atom stereocenters. The van der Waals surface area contributed by atoms with E-state index in [1.54, 1.807) is 6.92 Å². The van der Waals surface area contributed by atoms with Gasteiger partial charge < -0.3 is 15.4 Å². The van der Waals surface area contributed by atoms with E-state index < -0.39 is 6.10 Å². The Bertz CT molecular complexity index is 512. The molecule has 0 fully saturated rings. The van der Waals surface area contributed by atoms with Crippen LogP contribution >= 0.6 is 0 Å². The van der Waals surface area contributed by atoms with Gasteiger partial charge in [0.2, 0.25) is 0 Å². The number of aliphatic hydroxyl groups excluding tert-OH is 1. The zero-order chi connectivity index (χ0) is 13.1. The van der Waals surface area contributed by atoms with Gasteiger partial charge in [-0.15, -0.1) is 0 Å². The molecule has 0 amide bonds. The van der Waals surface area contributed by atoms with Gasteiger partial charge >= 0.3 is 0 Å². The number of nitrogens with zero attached hydrogens (tertiary/aromatic N) is 1. The Labute approximate surface area is 107 Å². The Hall–Kier alpha value is -1.81. The van der Waals surface area contributed by atoms with Crippen molar-refractivity contribution in [2.45, 2.75) is 33.4 Å². The van der Waals surface area contributed by atoms with Crippen molar-refractivity contribution >= 4 is 5.69 Å². The summed E-state index contributed by atoms with van der Waals surface area (Å²) >= 11 is 0. The molecule has 0 radical (unpaired) electrons. The largest absolute Gasteiger partial charge is 0.389 e. The minimum absolute atomic E-state index is 0.445. The summed E-state index contributed by atoms with van der Waals surface area (Å²) in [7, 11) is 0. The number of aryl methyl sites for hydroxylation is 2. The number of aromatic amines is 1. The van der Waals surface area contributed by atoms with Crippen molar-refractivity contribution in [3.05, 3.63) is 47.0 Å². The molecule has 0 saturated carbocycles. The summed E-state index contributed by atoms with van der Waals surface area (Å²) in [5.74, 6) is 0.924. The Kier molecular flexibility index (Phi) is 3.67. The molecule has 4 heteroatoms. The van der Waals surface area contributed by atoms with Crippen LogP contribution in [0.3, 0.4) is 0 Å². The second-order valence-electron chi connectivity index (χ2n) is 4.55. The number of H-pyrrole nitrogens is 1. The third-order valence-electron chi connectivity index (χ3n) is 3.01. The maximum atomic E-state index is 9.53. The van der Waals surface area contributed by atoms with Crippen LogP contribution in [0, 0.1) is 13.8 Å². The predicted octanol–water partition coefficient (Wildman–Crippen LogP) is 2.69. The Morgan fingerprint density at radius 3 is 2.78 bits per heavy atom. The van der Waals surface area contributed by atoms with Crippen molar-refractivity contribution in [1.29, 1.82) is 0 Å². The Morgan fingerprint density at radius 1 is 1.39 bits per heavy atom. The quantitative estimate of drug-likeness (QED) is 0.776. The van der Waals surface area contributed by atoms with Crippen LogP contribution in [0.4, 0.5) is 5.69 Å². The third kappa shape index (κ3) is 2.90. The average Bonchev–Trinajstić information content (AvgIpc) is 2.67. The van der Waals surface area contributed by atoms with Gasteiger partial charge in [-0.25, -0.2) is 4.98 Å². The van der Waals surface area contributed by atoms with Crippen LogP contribution in [-0.2, 0) is 6.54 Å². The highest BCUT2D eigenvalue weighted by molar-refractivity contribution is 5.46. The third-order valence-corrected chi connectivity index (χ3v) is 3.01. The minimum atomic E-state index is -0.445. The monoisotopic (exact) mass is 245 g/mol. The SMILES string of the molecule is Cc1nc(CNc2cccc([C@H](C)O)c2)[nH]c1C. The molecule has 18 heavy (non-hydrogen) atoms. The topological polar surface area (TPSA) is 60.9 Å². The fraction of sp³-hybridized carbons (Fsp3) is 0.357. The Morgan fingerprint density at radius 2 is 2.17 bits per heavy atom. The van der Waals surface area contributed by atoms with E-state index in [0.717, 1.165) is 28.5 Å². The number of benzene rings is 1. The number of rotatable bonds is 4. The number of imidazole rings is 1. The summed E-state index contributed by atoms with van der Waals surface area (Å²) in [6.07, 6.45) is -0.445. The lowest BCUT2D eigenvalue weighted by atomic mass is 10.1. The summed E-state index contributed by atoms with van der Waals surface area (Å²) in [5, 5.41) is 12.8. The lowest BCUT2D eigenvalue weighted by Crippen LogP contribution is -2.02. The van der Waals surface area contributed by atoms with Crippen molar-refractivity contribution in [1.82, 2.24) is 9.97 Å². The van der Waals surface area contributed by atoms with Crippen molar-refractivity contribution in [2.75, 3.05) is 5.32 Å². The second kappa shape index (κ2) is 5.23. The fourth-order valence-electron chi connectivity index (χ4n) is 1.80. The first-order valence-corrected chi connectivity index (χ1v) is 6.10. The normalized spacial score (nSPS) is 12.4. The van der Waals surface area contributed by atoms with E-state index >= 15 is 0 Å². The van der Waals surface area contributed by atoms with Gasteiger partial charge in [0.25, 0.3) is 0 Å². The van der Waals surface area contributed by atoms with Gasteiger partial charge in [-0.2, -0.15) is 0 Å². The number of hydrogen-bond acceptors (Lipinski definition) is 3. The van der Waals surface area contributed by atoms with E-state index in [4.69, 9.17) is 0 Å². The molecule has 0 saturated heterocycles. The average molecular weight is 245 g/mol. The molecule has 0 bridgehead atoms. The molecule has 0 aliphatic rings. The molecule has 2 aromatic rings. The van der Waals surface area contributed by atoms with E-state index in [9.17, 15) is 5.11 Å². The van der Waals surface area contributed by atoms with Gasteiger partial charge in [-0.3, -0.25) is 0 Å². The highest BCUT2D eigenvalue weighted by Gasteiger charge is 2.04. The molecule has 0 aliphatic heterocycles. The van der Waals surface area contributed by atoms with Crippen molar-refractivity contribution < 1.29 is 5.11 Å². The maximum Gasteiger partial charge on any atom is 0.125 e. The van der Waals surface area contributed by atoms with Crippen LogP contribution in [0.15, 0.2) is 24.3 Å². The van der Waals surface area contributed by atoms with E-state index in [0.29, 0.717) is 6.54 Å². The van der Waals surface area contributed by atoms with Gasteiger partial charge in [-0.05, 0) is 38.5 Å². The van der Waals surface area contributed by atoms with Gasteiger partial charge in [0.15, 0.2) is 0 Å². The predicted molar refractivity (Wildman–Crippen MR) is 72.5 cm³/mol. The van der Waals surface area contributed by atoms with Gasteiger partial charge in [0, 0.05) is 11.4 Å². The first-order chi connectivity index (χ1) is 8.56. The van der Waals surface area contributed by atoms with E-state index in [1.807, 2.05) is 38.1 Å². The van der Waals surface area contributed by atoms with Gasteiger partial charge in [-0.1, -0.05) is 12.1 Å². The highest BCUT2D eigenvalue weighted by Crippen LogP contribution is 2.17. The summed E-state index contributed by atoms with van der Waals surface area (Å²) in [4.78, 5) is 7.64. The van der Waals surface area contributed by atoms with E-state index in [2.05, 4.69) is 15.3 Å². The van der Waals surface area contributed by atoms with E-state index in [1.165, 1.54) is 0 Å². The van der Waals surface area contributed by atoms with Crippen LogP contribution < -0.4 is 5.32 Å². The highest BCUT2D eigenvalue weighted by atomic mass is 16.3. The number of aromatic nitrogens is 2. The standard InChI is InChI=1S/C14H19N3O/c1-9-10(2)17-14(16-9)8-15-13-6-4-5-12(7-13)11(3)18/h4-7,11,15,18H,8H2,1-3H3,(H,16,17)/t11-/m0/s1. The number of hydrogen-bond donors (Lipinski definition) is 3. The summed E-state index contributed by atoms with van der Waals surface area (Å²) in [5.41, 5.74) is 4.03. The van der Waals surface area contributed by atoms with Crippen LogP contribution in [-0.4, -0.2) is 15.1 Å². The van der Waals surface area contributed by atoms with Gasteiger partial charge in [0.05, 0.1) is 18.3 Å².